The zero-order valence-electron chi connectivity index (χ0n) is 11.9. The summed E-state index contributed by atoms with van der Waals surface area (Å²) in [4.78, 5) is 17.3. The second kappa shape index (κ2) is 5.99. The van der Waals surface area contributed by atoms with Gasteiger partial charge in [-0.1, -0.05) is 41.1 Å². The topological polar surface area (TPSA) is 34.4 Å². The molecule has 0 aliphatic carbocycles. The van der Waals surface area contributed by atoms with E-state index in [9.17, 15) is 4.79 Å². The summed E-state index contributed by atoms with van der Waals surface area (Å²) in [7, 11) is 1.90. The minimum atomic E-state index is -0.275. The molecule has 0 aliphatic rings. The zero-order chi connectivity index (χ0) is 15.9. The third kappa shape index (κ3) is 2.64. The Balaban J connectivity index is 2.21. The molecule has 112 valence electrons. The van der Waals surface area contributed by atoms with E-state index in [4.69, 9.17) is 11.6 Å². The molecule has 0 saturated heterocycles. The van der Waals surface area contributed by atoms with Crippen LogP contribution >= 0.6 is 38.9 Å². The summed E-state index contributed by atoms with van der Waals surface area (Å²) in [6.45, 7) is 2.02. The lowest BCUT2D eigenvalue weighted by Gasteiger charge is -2.01. The quantitative estimate of drug-likeness (QED) is 0.588. The molecule has 0 saturated carbocycles. The molecule has 0 atom stereocenters. The maximum atomic E-state index is 12.4. The number of nitrogens with zero attached hydrogens (tertiary/aromatic N) is 2. The van der Waals surface area contributed by atoms with Crippen molar-refractivity contribution in [1.29, 1.82) is 0 Å². The largest absolute Gasteiger partial charge is 0.319 e. The highest BCUT2D eigenvalue weighted by molar-refractivity contribution is 9.10. The van der Waals surface area contributed by atoms with Gasteiger partial charge in [0, 0.05) is 11.5 Å². The first-order valence-corrected chi connectivity index (χ1v) is 8.56. The van der Waals surface area contributed by atoms with E-state index in [2.05, 4.69) is 20.9 Å². The van der Waals surface area contributed by atoms with Gasteiger partial charge < -0.3 is 4.57 Å². The average Bonchev–Trinajstić information content (AvgIpc) is 2.82. The Kier molecular flexibility index (Phi) is 4.21. The molecular formula is C16H12BrClN2OS. The molecule has 0 bridgehead atoms. The number of fused-ring (bicyclic) bond motifs is 1. The highest BCUT2D eigenvalue weighted by atomic mass is 79.9. The molecule has 0 spiro atoms. The van der Waals surface area contributed by atoms with E-state index in [0.717, 1.165) is 20.3 Å². The van der Waals surface area contributed by atoms with Gasteiger partial charge >= 0.3 is 0 Å². The number of benzene rings is 2. The number of rotatable bonds is 1. The van der Waals surface area contributed by atoms with Gasteiger partial charge in [0.15, 0.2) is 4.80 Å². The van der Waals surface area contributed by atoms with Crippen molar-refractivity contribution in [2.24, 2.45) is 12.0 Å². The molecule has 2 aromatic carbocycles. The predicted molar refractivity (Wildman–Crippen MR) is 94.6 cm³/mol. The van der Waals surface area contributed by atoms with Crippen molar-refractivity contribution >= 4 is 55.0 Å². The average molecular weight is 396 g/mol. The molecule has 3 rings (SSSR count). The summed E-state index contributed by atoms with van der Waals surface area (Å²) < 4.78 is 3.60. The Morgan fingerprint density at radius 3 is 2.68 bits per heavy atom. The Morgan fingerprint density at radius 2 is 2.00 bits per heavy atom. The van der Waals surface area contributed by atoms with E-state index in [0.29, 0.717) is 15.4 Å². The molecule has 0 unspecified atom stereocenters. The highest BCUT2D eigenvalue weighted by Gasteiger charge is 2.12. The van der Waals surface area contributed by atoms with E-state index in [1.165, 1.54) is 11.3 Å². The number of aryl methyl sites for hydroxylation is 2. The van der Waals surface area contributed by atoms with Gasteiger partial charge in [-0.05, 0) is 46.6 Å². The van der Waals surface area contributed by atoms with Gasteiger partial charge in [-0.25, -0.2) is 0 Å². The van der Waals surface area contributed by atoms with Gasteiger partial charge in [-0.2, -0.15) is 4.99 Å². The van der Waals surface area contributed by atoms with Gasteiger partial charge in [0.1, 0.15) is 0 Å². The third-order valence-corrected chi connectivity index (χ3v) is 5.69. The number of halogens is 2. The van der Waals surface area contributed by atoms with E-state index in [1.807, 2.05) is 48.9 Å². The maximum absolute atomic E-state index is 12.4. The summed E-state index contributed by atoms with van der Waals surface area (Å²) in [6, 6.07) is 11.1. The van der Waals surface area contributed by atoms with Crippen LogP contribution in [0.1, 0.15) is 15.9 Å². The van der Waals surface area contributed by atoms with Crippen LogP contribution in [0.25, 0.3) is 10.2 Å². The Hall–Kier alpha value is -1.43. The number of aromatic nitrogens is 1. The number of carbonyl (C=O) groups is 1. The van der Waals surface area contributed by atoms with Crippen LogP contribution in [0.3, 0.4) is 0 Å². The fraction of sp³-hybridized carbons (Fsp3) is 0.125. The number of amides is 1. The summed E-state index contributed by atoms with van der Waals surface area (Å²) in [5.74, 6) is -0.275. The summed E-state index contributed by atoms with van der Waals surface area (Å²) >= 11 is 11.1. The zero-order valence-corrected chi connectivity index (χ0v) is 15.1. The number of hydrogen-bond acceptors (Lipinski definition) is 2. The van der Waals surface area contributed by atoms with Crippen LogP contribution in [-0.2, 0) is 7.05 Å². The lowest BCUT2D eigenvalue weighted by molar-refractivity contribution is 0.0997. The monoisotopic (exact) mass is 394 g/mol. The van der Waals surface area contributed by atoms with Crippen LogP contribution in [-0.4, -0.2) is 10.5 Å². The summed E-state index contributed by atoms with van der Waals surface area (Å²) in [5, 5.41) is 0.677. The van der Waals surface area contributed by atoms with Crippen molar-refractivity contribution in [3.63, 3.8) is 0 Å². The first-order chi connectivity index (χ1) is 10.5. The second-order valence-corrected chi connectivity index (χ2v) is 7.12. The fourth-order valence-electron chi connectivity index (χ4n) is 2.29. The minimum Gasteiger partial charge on any atom is -0.319 e. The SMILES string of the molecule is Cc1ccc(Cl)c2sc(=NC(=O)c3ccccc3Br)n(C)c12. The molecule has 22 heavy (non-hydrogen) atoms. The maximum Gasteiger partial charge on any atom is 0.280 e. The number of thiazole rings is 1. The third-order valence-electron chi connectivity index (χ3n) is 3.40. The summed E-state index contributed by atoms with van der Waals surface area (Å²) in [6.07, 6.45) is 0. The Bertz CT molecular complexity index is 958. The van der Waals surface area contributed by atoms with E-state index in [-0.39, 0.29) is 5.91 Å². The van der Waals surface area contributed by atoms with Crippen molar-refractivity contribution in [2.75, 3.05) is 0 Å². The molecule has 1 amide bonds. The Morgan fingerprint density at radius 1 is 1.27 bits per heavy atom. The molecule has 1 heterocycles. The van der Waals surface area contributed by atoms with E-state index in [1.54, 1.807) is 6.07 Å². The fourth-order valence-corrected chi connectivity index (χ4v) is 4.12. The van der Waals surface area contributed by atoms with Crippen LogP contribution in [0.4, 0.5) is 0 Å². The van der Waals surface area contributed by atoms with Crippen LogP contribution < -0.4 is 4.80 Å². The molecule has 0 radical (unpaired) electrons. The van der Waals surface area contributed by atoms with Crippen molar-refractivity contribution in [1.82, 2.24) is 4.57 Å². The van der Waals surface area contributed by atoms with Gasteiger partial charge in [-0.15, -0.1) is 0 Å². The molecule has 1 aromatic heterocycles. The molecule has 3 aromatic rings. The molecule has 0 fully saturated rings. The first kappa shape index (κ1) is 15.5. The lowest BCUT2D eigenvalue weighted by Crippen LogP contribution is -2.13. The molecule has 0 N–H and O–H groups in total. The van der Waals surface area contributed by atoms with Gasteiger partial charge in [0.05, 0.1) is 20.8 Å². The molecule has 6 heteroatoms. The number of carbonyl (C=O) groups excluding carboxylic acids is 1. The normalized spacial score (nSPS) is 12.1. The second-order valence-electron chi connectivity index (χ2n) is 4.88. The summed E-state index contributed by atoms with van der Waals surface area (Å²) in [5.41, 5.74) is 2.66. The van der Waals surface area contributed by atoms with Gasteiger partial charge in [-0.3, -0.25) is 4.79 Å². The molecule has 0 aliphatic heterocycles. The van der Waals surface area contributed by atoms with Crippen molar-refractivity contribution < 1.29 is 4.79 Å². The smallest absolute Gasteiger partial charge is 0.280 e. The minimum absolute atomic E-state index is 0.275. The first-order valence-electron chi connectivity index (χ1n) is 6.57. The van der Waals surface area contributed by atoms with Crippen LogP contribution in [0, 0.1) is 6.92 Å². The predicted octanol–water partition coefficient (Wildman–Crippen LogP) is 4.71. The highest BCUT2D eigenvalue weighted by Crippen LogP contribution is 2.28. The van der Waals surface area contributed by atoms with Crippen molar-refractivity contribution in [3.05, 3.63) is 61.8 Å². The van der Waals surface area contributed by atoms with E-state index >= 15 is 0 Å². The van der Waals surface area contributed by atoms with E-state index < -0.39 is 0 Å². The standard InChI is InChI=1S/C16H12BrClN2OS/c1-9-7-8-12(18)14-13(9)20(2)16(22-14)19-15(21)10-5-3-4-6-11(10)17/h3-8H,1-2H3. The molecule has 3 nitrogen and oxygen atoms in total. The number of hydrogen-bond donors (Lipinski definition) is 0. The van der Waals surface area contributed by atoms with Crippen LogP contribution in [0.2, 0.25) is 5.02 Å². The van der Waals surface area contributed by atoms with Crippen molar-refractivity contribution in [3.8, 4) is 0 Å². The molecular weight excluding hydrogens is 384 g/mol. The lowest BCUT2D eigenvalue weighted by atomic mass is 10.2. The van der Waals surface area contributed by atoms with Crippen LogP contribution in [0.5, 0.6) is 0 Å². The van der Waals surface area contributed by atoms with Crippen molar-refractivity contribution in [2.45, 2.75) is 6.92 Å². The van der Waals surface area contributed by atoms with Gasteiger partial charge in [0.2, 0.25) is 0 Å². The van der Waals surface area contributed by atoms with Crippen LogP contribution in [0.15, 0.2) is 45.9 Å². The van der Waals surface area contributed by atoms with Gasteiger partial charge in [0.25, 0.3) is 5.91 Å². The Labute approximate surface area is 145 Å².